The molecule has 0 radical (unpaired) electrons. The van der Waals surface area contributed by atoms with Crippen LogP contribution in [0.5, 0.6) is 0 Å². The molecule has 1 aliphatic heterocycles. The van der Waals surface area contributed by atoms with Crippen molar-refractivity contribution in [1.82, 2.24) is 9.80 Å². The minimum absolute atomic E-state index is 1.04. The third kappa shape index (κ3) is 4.36. The van der Waals surface area contributed by atoms with Gasteiger partial charge in [0, 0.05) is 31.9 Å². The van der Waals surface area contributed by atoms with Crippen LogP contribution in [0.25, 0.3) is 0 Å². The maximum Gasteiger partial charge on any atom is 0.0340 e. The lowest BCUT2D eigenvalue weighted by atomic mass is 10.3. The van der Waals surface area contributed by atoms with Crippen molar-refractivity contribution in [2.24, 2.45) is 0 Å². The normalized spacial score (nSPS) is 18.9. The predicted molar refractivity (Wildman–Crippen MR) is 73.5 cm³/mol. The number of para-hydroxylation sites is 1. The summed E-state index contributed by atoms with van der Waals surface area (Å²) in [7, 11) is 2.21. The standard InChI is InChI=1S/C14H23N3/c1-16-9-5-10-17(13-12-16)11-8-15-14-6-3-2-4-7-14/h2-4,6-7,15H,5,8-13H2,1H3. The van der Waals surface area contributed by atoms with Crippen LogP contribution in [0, 0.1) is 0 Å². The summed E-state index contributed by atoms with van der Waals surface area (Å²) in [5, 5.41) is 3.47. The van der Waals surface area contributed by atoms with E-state index in [0.717, 1.165) is 13.1 Å². The smallest absolute Gasteiger partial charge is 0.0340 e. The van der Waals surface area contributed by atoms with Crippen LogP contribution in [0.2, 0.25) is 0 Å². The molecule has 1 saturated heterocycles. The Bertz CT molecular complexity index is 313. The molecule has 2 rings (SSSR count). The van der Waals surface area contributed by atoms with Crippen LogP contribution in [0.15, 0.2) is 30.3 Å². The van der Waals surface area contributed by atoms with E-state index in [2.05, 4.69) is 52.5 Å². The molecule has 1 fully saturated rings. The van der Waals surface area contributed by atoms with E-state index in [1.807, 2.05) is 0 Å². The third-order valence-electron chi connectivity index (χ3n) is 3.34. The van der Waals surface area contributed by atoms with Crippen molar-refractivity contribution in [2.75, 3.05) is 51.6 Å². The highest BCUT2D eigenvalue weighted by Crippen LogP contribution is 2.05. The first kappa shape index (κ1) is 12.4. The number of hydrogen-bond acceptors (Lipinski definition) is 3. The molecule has 0 amide bonds. The van der Waals surface area contributed by atoms with Gasteiger partial charge in [-0.2, -0.15) is 0 Å². The monoisotopic (exact) mass is 233 g/mol. The second-order valence-electron chi connectivity index (χ2n) is 4.79. The molecule has 0 aliphatic carbocycles. The molecule has 0 spiro atoms. The molecule has 1 N–H and O–H groups in total. The van der Waals surface area contributed by atoms with Crippen molar-refractivity contribution in [3.05, 3.63) is 30.3 Å². The lowest BCUT2D eigenvalue weighted by Crippen LogP contribution is -2.32. The van der Waals surface area contributed by atoms with Crippen molar-refractivity contribution in [3.63, 3.8) is 0 Å². The fraction of sp³-hybridized carbons (Fsp3) is 0.571. The maximum absolute atomic E-state index is 3.47. The second-order valence-corrected chi connectivity index (χ2v) is 4.79. The van der Waals surface area contributed by atoms with Crippen molar-refractivity contribution in [2.45, 2.75) is 6.42 Å². The number of hydrogen-bond donors (Lipinski definition) is 1. The highest BCUT2D eigenvalue weighted by molar-refractivity contribution is 5.42. The molecule has 0 bridgehead atoms. The van der Waals surface area contributed by atoms with Crippen LogP contribution in [0.4, 0.5) is 5.69 Å². The van der Waals surface area contributed by atoms with Gasteiger partial charge in [-0.3, -0.25) is 0 Å². The van der Waals surface area contributed by atoms with Crippen LogP contribution >= 0.6 is 0 Å². The van der Waals surface area contributed by atoms with Gasteiger partial charge >= 0.3 is 0 Å². The minimum atomic E-state index is 1.04. The largest absolute Gasteiger partial charge is 0.384 e. The third-order valence-corrected chi connectivity index (χ3v) is 3.34. The number of rotatable bonds is 4. The lowest BCUT2D eigenvalue weighted by Gasteiger charge is -2.20. The molecule has 17 heavy (non-hydrogen) atoms. The van der Waals surface area contributed by atoms with E-state index in [1.165, 1.54) is 38.3 Å². The van der Waals surface area contributed by atoms with Gasteiger partial charge in [0.25, 0.3) is 0 Å². The van der Waals surface area contributed by atoms with Crippen LogP contribution in [-0.4, -0.2) is 56.1 Å². The van der Waals surface area contributed by atoms with Gasteiger partial charge in [-0.05, 0) is 38.7 Å². The molecule has 3 nitrogen and oxygen atoms in total. The van der Waals surface area contributed by atoms with Crippen molar-refractivity contribution < 1.29 is 0 Å². The van der Waals surface area contributed by atoms with Gasteiger partial charge in [0.1, 0.15) is 0 Å². The van der Waals surface area contributed by atoms with Crippen LogP contribution < -0.4 is 5.32 Å². The van der Waals surface area contributed by atoms with Gasteiger partial charge in [-0.1, -0.05) is 18.2 Å². The molecular weight excluding hydrogens is 210 g/mol. The quantitative estimate of drug-likeness (QED) is 0.854. The van der Waals surface area contributed by atoms with E-state index in [4.69, 9.17) is 0 Å². The fourth-order valence-electron chi connectivity index (χ4n) is 2.24. The average molecular weight is 233 g/mol. The zero-order chi connectivity index (χ0) is 11.9. The zero-order valence-electron chi connectivity index (χ0n) is 10.7. The number of benzene rings is 1. The van der Waals surface area contributed by atoms with E-state index in [9.17, 15) is 0 Å². The van der Waals surface area contributed by atoms with Gasteiger partial charge in [0.05, 0.1) is 0 Å². The molecule has 0 unspecified atom stereocenters. The molecular formula is C14H23N3. The van der Waals surface area contributed by atoms with E-state index in [0.29, 0.717) is 0 Å². The Hall–Kier alpha value is -1.06. The molecule has 3 heteroatoms. The summed E-state index contributed by atoms with van der Waals surface area (Å²) in [6.07, 6.45) is 1.29. The molecule has 1 heterocycles. The first-order chi connectivity index (χ1) is 8.34. The molecule has 1 aromatic carbocycles. The molecule has 1 aromatic rings. The zero-order valence-corrected chi connectivity index (χ0v) is 10.7. The Morgan fingerprint density at radius 3 is 2.71 bits per heavy atom. The van der Waals surface area contributed by atoms with E-state index in [1.54, 1.807) is 0 Å². The average Bonchev–Trinajstić information content (AvgIpc) is 2.56. The first-order valence-corrected chi connectivity index (χ1v) is 6.54. The number of likely N-dealkylation sites (N-methyl/N-ethyl adjacent to an activating group) is 1. The Labute approximate surface area is 104 Å². The number of nitrogens with one attached hydrogen (secondary N) is 1. The molecule has 0 aromatic heterocycles. The highest BCUT2D eigenvalue weighted by atomic mass is 15.2. The second kappa shape index (κ2) is 6.62. The van der Waals surface area contributed by atoms with Crippen molar-refractivity contribution in [3.8, 4) is 0 Å². The van der Waals surface area contributed by atoms with Crippen molar-refractivity contribution in [1.29, 1.82) is 0 Å². The Balaban J connectivity index is 1.68. The van der Waals surface area contributed by atoms with E-state index >= 15 is 0 Å². The van der Waals surface area contributed by atoms with Gasteiger partial charge in [0.15, 0.2) is 0 Å². The van der Waals surface area contributed by atoms with Gasteiger partial charge < -0.3 is 15.1 Å². The van der Waals surface area contributed by atoms with Crippen LogP contribution in [-0.2, 0) is 0 Å². The highest BCUT2D eigenvalue weighted by Gasteiger charge is 2.10. The Morgan fingerprint density at radius 2 is 1.88 bits per heavy atom. The lowest BCUT2D eigenvalue weighted by molar-refractivity contribution is 0.285. The predicted octanol–water partition coefficient (Wildman–Crippen LogP) is 1.74. The summed E-state index contributed by atoms with van der Waals surface area (Å²) in [4.78, 5) is 4.98. The summed E-state index contributed by atoms with van der Waals surface area (Å²) in [6, 6.07) is 10.4. The maximum atomic E-state index is 3.47. The Morgan fingerprint density at radius 1 is 1.06 bits per heavy atom. The summed E-state index contributed by atoms with van der Waals surface area (Å²) < 4.78 is 0. The first-order valence-electron chi connectivity index (χ1n) is 6.54. The minimum Gasteiger partial charge on any atom is -0.384 e. The summed E-state index contributed by atoms with van der Waals surface area (Å²) in [5.74, 6) is 0. The van der Waals surface area contributed by atoms with Gasteiger partial charge in [-0.25, -0.2) is 0 Å². The fourth-order valence-corrected chi connectivity index (χ4v) is 2.24. The SMILES string of the molecule is CN1CCCN(CCNc2ccccc2)CC1. The number of nitrogens with zero attached hydrogens (tertiary/aromatic N) is 2. The van der Waals surface area contributed by atoms with Gasteiger partial charge in [-0.15, -0.1) is 0 Å². The molecule has 0 atom stereocenters. The molecule has 1 aliphatic rings. The van der Waals surface area contributed by atoms with E-state index in [-0.39, 0.29) is 0 Å². The van der Waals surface area contributed by atoms with E-state index < -0.39 is 0 Å². The topological polar surface area (TPSA) is 18.5 Å². The molecule has 0 saturated carbocycles. The summed E-state index contributed by atoms with van der Waals surface area (Å²) in [5.41, 5.74) is 1.22. The van der Waals surface area contributed by atoms with Gasteiger partial charge in [0.2, 0.25) is 0 Å². The van der Waals surface area contributed by atoms with Crippen LogP contribution in [0.3, 0.4) is 0 Å². The Kier molecular flexibility index (Phi) is 4.83. The number of anilines is 1. The summed E-state index contributed by atoms with van der Waals surface area (Å²) in [6.45, 7) is 7.05. The molecule has 94 valence electrons. The van der Waals surface area contributed by atoms with Crippen molar-refractivity contribution >= 4 is 5.69 Å². The van der Waals surface area contributed by atoms with Crippen LogP contribution in [0.1, 0.15) is 6.42 Å². The summed E-state index contributed by atoms with van der Waals surface area (Å²) >= 11 is 0.